The van der Waals surface area contributed by atoms with E-state index in [9.17, 15) is 4.79 Å². The number of carbonyl (C=O) groups excluding carboxylic acids is 1. The highest BCUT2D eigenvalue weighted by atomic mass is 35.5. The molecule has 1 saturated carbocycles. The molecular formula is C17H19ClN2O. The van der Waals surface area contributed by atoms with Crippen molar-refractivity contribution in [2.24, 2.45) is 22.4 Å². The summed E-state index contributed by atoms with van der Waals surface area (Å²) in [5, 5.41) is 4.54. The van der Waals surface area contributed by atoms with E-state index in [1.807, 2.05) is 0 Å². The number of benzene rings is 1. The second-order valence-electron chi connectivity index (χ2n) is 6.43. The molecule has 4 rings (SSSR count). The molecule has 2 unspecified atom stereocenters. The molecule has 1 aromatic carbocycles. The zero-order chi connectivity index (χ0) is 15.0. The van der Waals surface area contributed by atoms with E-state index < -0.39 is 0 Å². The van der Waals surface area contributed by atoms with E-state index >= 15 is 0 Å². The Morgan fingerprint density at radius 1 is 1.43 bits per heavy atom. The van der Waals surface area contributed by atoms with Gasteiger partial charge in [0.25, 0.3) is 5.91 Å². The molecule has 0 aliphatic heterocycles. The fourth-order valence-electron chi connectivity index (χ4n) is 3.42. The number of halogens is 1. The SMILES string of the molecule is CC1(C)C2CC=C(/C=N/NC(=O)c3ccccc3Cl)C1C2. The summed E-state index contributed by atoms with van der Waals surface area (Å²) < 4.78 is 0. The van der Waals surface area contributed by atoms with Crippen molar-refractivity contribution < 1.29 is 4.79 Å². The third-order valence-electron chi connectivity index (χ3n) is 5.01. The van der Waals surface area contributed by atoms with Crippen molar-refractivity contribution in [2.75, 3.05) is 0 Å². The zero-order valence-corrected chi connectivity index (χ0v) is 13.0. The summed E-state index contributed by atoms with van der Waals surface area (Å²) >= 11 is 5.99. The van der Waals surface area contributed by atoms with Gasteiger partial charge in [0, 0.05) is 0 Å². The van der Waals surface area contributed by atoms with E-state index in [-0.39, 0.29) is 5.91 Å². The molecule has 1 N–H and O–H groups in total. The second-order valence-corrected chi connectivity index (χ2v) is 6.83. The van der Waals surface area contributed by atoms with E-state index in [0.717, 1.165) is 12.3 Å². The van der Waals surface area contributed by atoms with Gasteiger partial charge in [0.05, 0.1) is 16.8 Å². The lowest BCUT2D eigenvalue weighted by Crippen LogP contribution is -2.48. The Hall–Kier alpha value is -1.61. The van der Waals surface area contributed by atoms with Crippen LogP contribution in [-0.2, 0) is 0 Å². The maximum atomic E-state index is 12.0. The van der Waals surface area contributed by atoms with Crippen LogP contribution in [0.2, 0.25) is 5.02 Å². The maximum absolute atomic E-state index is 12.0. The summed E-state index contributed by atoms with van der Waals surface area (Å²) in [5.41, 5.74) is 4.60. The topological polar surface area (TPSA) is 41.5 Å². The average molecular weight is 303 g/mol. The lowest BCUT2D eigenvalue weighted by atomic mass is 9.49. The standard InChI is InChI=1S/C17H19ClN2O/c1-17(2)12-8-7-11(14(17)9-12)10-19-20-16(21)13-5-3-4-6-15(13)18/h3-7,10,12,14H,8-9H2,1-2H3,(H,20,21)/b19-10+. The van der Waals surface area contributed by atoms with Crippen LogP contribution in [-0.4, -0.2) is 12.1 Å². The van der Waals surface area contributed by atoms with E-state index in [1.165, 1.54) is 12.0 Å². The number of hydrazone groups is 1. The summed E-state index contributed by atoms with van der Waals surface area (Å²) in [5.74, 6) is 1.09. The van der Waals surface area contributed by atoms with Gasteiger partial charge >= 0.3 is 0 Å². The molecule has 1 fully saturated rings. The van der Waals surface area contributed by atoms with Gasteiger partial charge in [0.15, 0.2) is 0 Å². The van der Waals surface area contributed by atoms with Gasteiger partial charge in [-0.25, -0.2) is 5.43 Å². The Bertz CT molecular complexity index is 633. The predicted octanol–water partition coefficient (Wildman–Crippen LogP) is 4.05. The first kappa shape index (κ1) is 14.3. The average Bonchev–Trinajstić information content (AvgIpc) is 2.47. The third-order valence-corrected chi connectivity index (χ3v) is 5.34. The molecule has 0 aromatic heterocycles. The molecule has 1 aromatic rings. The Morgan fingerprint density at radius 3 is 2.86 bits per heavy atom. The number of hydrogen-bond acceptors (Lipinski definition) is 2. The van der Waals surface area contributed by atoms with Gasteiger partial charge < -0.3 is 0 Å². The van der Waals surface area contributed by atoms with Crippen molar-refractivity contribution >= 4 is 23.7 Å². The lowest BCUT2D eigenvalue weighted by molar-refractivity contribution is -0.00126. The molecule has 2 bridgehead atoms. The van der Waals surface area contributed by atoms with Crippen LogP contribution in [0.5, 0.6) is 0 Å². The van der Waals surface area contributed by atoms with Crippen molar-refractivity contribution in [3.8, 4) is 0 Å². The Kier molecular flexibility index (Phi) is 3.62. The van der Waals surface area contributed by atoms with Crippen LogP contribution in [0, 0.1) is 17.3 Å². The van der Waals surface area contributed by atoms with Gasteiger partial charge in [-0.2, -0.15) is 5.10 Å². The van der Waals surface area contributed by atoms with E-state index in [0.29, 0.717) is 21.9 Å². The van der Waals surface area contributed by atoms with Crippen molar-refractivity contribution in [1.82, 2.24) is 5.43 Å². The molecule has 2 atom stereocenters. The molecule has 4 heteroatoms. The molecule has 3 aliphatic carbocycles. The molecular weight excluding hydrogens is 284 g/mol. The first-order valence-electron chi connectivity index (χ1n) is 7.28. The molecule has 21 heavy (non-hydrogen) atoms. The molecule has 110 valence electrons. The van der Waals surface area contributed by atoms with E-state index in [2.05, 4.69) is 30.5 Å². The van der Waals surface area contributed by atoms with Gasteiger partial charge in [0.1, 0.15) is 0 Å². The normalized spacial score (nSPS) is 26.1. The summed E-state index contributed by atoms with van der Waals surface area (Å²) in [6, 6.07) is 6.96. The van der Waals surface area contributed by atoms with Gasteiger partial charge in [0.2, 0.25) is 0 Å². The number of nitrogens with zero attached hydrogens (tertiary/aromatic N) is 1. The summed E-state index contributed by atoms with van der Waals surface area (Å²) in [4.78, 5) is 12.0. The number of fused-ring (bicyclic) bond motifs is 1. The van der Waals surface area contributed by atoms with Gasteiger partial charge in [-0.1, -0.05) is 43.7 Å². The molecule has 3 aliphatic rings. The van der Waals surface area contributed by atoms with Gasteiger partial charge in [-0.05, 0) is 47.8 Å². The molecule has 0 radical (unpaired) electrons. The number of allylic oxidation sites excluding steroid dienone is 2. The Labute approximate surface area is 130 Å². The minimum absolute atomic E-state index is 0.279. The number of hydrogen-bond donors (Lipinski definition) is 1. The maximum Gasteiger partial charge on any atom is 0.272 e. The first-order valence-corrected chi connectivity index (χ1v) is 7.66. The zero-order valence-electron chi connectivity index (χ0n) is 12.3. The van der Waals surface area contributed by atoms with Gasteiger partial charge in [-0.3, -0.25) is 4.79 Å². The molecule has 0 spiro atoms. The minimum atomic E-state index is -0.279. The predicted molar refractivity (Wildman–Crippen MR) is 85.5 cm³/mol. The Balaban J connectivity index is 1.65. The van der Waals surface area contributed by atoms with E-state index in [4.69, 9.17) is 11.6 Å². The number of nitrogens with one attached hydrogen (secondary N) is 1. The van der Waals surface area contributed by atoms with Crippen molar-refractivity contribution in [3.63, 3.8) is 0 Å². The number of amides is 1. The largest absolute Gasteiger partial charge is 0.272 e. The first-order chi connectivity index (χ1) is 10.00. The third kappa shape index (κ3) is 2.51. The minimum Gasteiger partial charge on any atom is -0.267 e. The van der Waals surface area contributed by atoms with Crippen LogP contribution in [0.4, 0.5) is 0 Å². The lowest BCUT2D eigenvalue weighted by Gasteiger charge is -2.55. The van der Waals surface area contributed by atoms with E-state index in [1.54, 1.807) is 30.5 Å². The molecule has 0 heterocycles. The molecule has 1 amide bonds. The molecule has 3 nitrogen and oxygen atoms in total. The Morgan fingerprint density at radius 2 is 2.19 bits per heavy atom. The highest BCUT2D eigenvalue weighted by Gasteiger charge is 2.50. The van der Waals surface area contributed by atoms with Crippen LogP contribution in [0.25, 0.3) is 0 Å². The van der Waals surface area contributed by atoms with Crippen LogP contribution < -0.4 is 5.43 Å². The summed E-state index contributed by atoms with van der Waals surface area (Å²) in [6.07, 6.45) is 6.39. The fraction of sp³-hybridized carbons (Fsp3) is 0.412. The van der Waals surface area contributed by atoms with Crippen molar-refractivity contribution in [2.45, 2.75) is 26.7 Å². The van der Waals surface area contributed by atoms with Crippen LogP contribution in [0.15, 0.2) is 41.0 Å². The van der Waals surface area contributed by atoms with Crippen LogP contribution in [0.1, 0.15) is 37.0 Å². The number of rotatable bonds is 3. The second kappa shape index (κ2) is 5.30. The van der Waals surface area contributed by atoms with Crippen molar-refractivity contribution in [1.29, 1.82) is 0 Å². The highest BCUT2D eigenvalue weighted by Crippen LogP contribution is 2.58. The van der Waals surface area contributed by atoms with Crippen LogP contribution >= 0.6 is 11.6 Å². The monoisotopic (exact) mass is 302 g/mol. The highest BCUT2D eigenvalue weighted by molar-refractivity contribution is 6.33. The molecule has 0 saturated heterocycles. The summed E-state index contributed by atoms with van der Waals surface area (Å²) in [6.45, 7) is 4.63. The smallest absolute Gasteiger partial charge is 0.267 e. The quantitative estimate of drug-likeness (QED) is 0.664. The van der Waals surface area contributed by atoms with Crippen molar-refractivity contribution in [3.05, 3.63) is 46.5 Å². The van der Waals surface area contributed by atoms with Crippen LogP contribution in [0.3, 0.4) is 0 Å². The van der Waals surface area contributed by atoms with Gasteiger partial charge in [-0.15, -0.1) is 0 Å². The number of carbonyl (C=O) groups is 1. The summed E-state index contributed by atoms with van der Waals surface area (Å²) in [7, 11) is 0. The fourth-order valence-corrected chi connectivity index (χ4v) is 3.64.